The van der Waals surface area contributed by atoms with Gasteiger partial charge in [-0.3, -0.25) is 9.69 Å². The van der Waals surface area contributed by atoms with Crippen molar-refractivity contribution in [1.29, 1.82) is 0 Å². The molecule has 1 aliphatic rings. The molecule has 1 aromatic rings. The summed E-state index contributed by atoms with van der Waals surface area (Å²) in [5.41, 5.74) is 8.26. The number of fused-ring (bicyclic) bond motifs is 1. The fourth-order valence-electron chi connectivity index (χ4n) is 2.19. The van der Waals surface area contributed by atoms with Crippen LogP contribution in [-0.4, -0.2) is 35.1 Å². The molecule has 2 rings (SSSR count). The molecule has 0 aliphatic carbocycles. The number of aliphatic carboxylic acids is 1. The number of carboxylic acid groups (broad SMARTS) is 1. The molecule has 0 radical (unpaired) electrons. The third-order valence-electron chi connectivity index (χ3n) is 3.28. The third-order valence-corrected chi connectivity index (χ3v) is 3.28. The summed E-state index contributed by atoms with van der Waals surface area (Å²) >= 11 is 0. The van der Waals surface area contributed by atoms with Gasteiger partial charge in [-0.1, -0.05) is 24.3 Å². The summed E-state index contributed by atoms with van der Waals surface area (Å²) < 4.78 is 0. The van der Waals surface area contributed by atoms with E-state index in [1.54, 1.807) is 0 Å². The van der Waals surface area contributed by atoms with E-state index in [9.17, 15) is 4.79 Å². The van der Waals surface area contributed by atoms with Crippen molar-refractivity contribution in [3.05, 3.63) is 35.4 Å². The topological polar surface area (TPSA) is 66.6 Å². The molecule has 0 amide bonds. The Labute approximate surface area is 101 Å². The molecule has 92 valence electrons. The molecule has 0 saturated heterocycles. The Kier molecular flexibility index (Phi) is 3.76. The van der Waals surface area contributed by atoms with Crippen LogP contribution in [0.3, 0.4) is 0 Å². The van der Waals surface area contributed by atoms with Crippen molar-refractivity contribution in [2.45, 2.75) is 25.4 Å². The molecule has 0 fully saturated rings. The van der Waals surface area contributed by atoms with Gasteiger partial charge in [0, 0.05) is 19.6 Å². The zero-order valence-corrected chi connectivity index (χ0v) is 9.80. The molecular formula is C13H18N2O2. The minimum Gasteiger partial charge on any atom is -0.480 e. The summed E-state index contributed by atoms with van der Waals surface area (Å²) in [5.74, 6) is -0.914. The Bertz CT molecular complexity index is 406. The average molecular weight is 234 g/mol. The normalized spacial score (nSPS) is 17.5. The van der Waals surface area contributed by atoms with Crippen molar-refractivity contribution in [1.82, 2.24) is 4.90 Å². The molecule has 0 unspecified atom stereocenters. The molecule has 1 atom stereocenters. The first kappa shape index (κ1) is 12.1. The van der Waals surface area contributed by atoms with Crippen LogP contribution in [0.25, 0.3) is 0 Å². The van der Waals surface area contributed by atoms with Crippen LogP contribution in [0.1, 0.15) is 17.5 Å². The highest BCUT2D eigenvalue weighted by atomic mass is 16.4. The van der Waals surface area contributed by atoms with E-state index in [-0.39, 0.29) is 0 Å². The van der Waals surface area contributed by atoms with Gasteiger partial charge in [-0.2, -0.15) is 0 Å². The van der Waals surface area contributed by atoms with Crippen LogP contribution >= 0.6 is 0 Å². The number of rotatable bonds is 4. The van der Waals surface area contributed by atoms with Gasteiger partial charge in [-0.15, -0.1) is 0 Å². The molecule has 4 heteroatoms. The summed E-state index contributed by atoms with van der Waals surface area (Å²) in [6, 6.07) is 7.67. The molecule has 4 nitrogen and oxygen atoms in total. The summed E-state index contributed by atoms with van der Waals surface area (Å²) in [7, 11) is 0. The van der Waals surface area contributed by atoms with Crippen LogP contribution in [0.15, 0.2) is 24.3 Å². The summed E-state index contributed by atoms with van der Waals surface area (Å²) in [4.78, 5) is 12.9. The molecule has 0 aromatic heterocycles. The SMILES string of the molecule is N[C@H](CCN1CCc2ccccc2C1)C(=O)O. The van der Waals surface area contributed by atoms with Crippen molar-refractivity contribution in [2.24, 2.45) is 5.73 Å². The van der Waals surface area contributed by atoms with E-state index in [0.29, 0.717) is 6.42 Å². The molecule has 17 heavy (non-hydrogen) atoms. The van der Waals surface area contributed by atoms with Crippen molar-refractivity contribution in [3.8, 4) is 0 Å². The van der Waals surface area contributed by atoms with Gasteiger partial charge in [0.2, 0.25) is 0 Å². The molecule has 0 spiro atoms. The number of benzene rings is 1. The highest BCUT2D eigenvalue weighted by Crippen LogP contribution is 2.18. The van der Waals surface area contributed by atoms with Gasteiger partial charge in [0.1, 0.15) is 6.04 Å². The monoisotopic (exact) mass is 234 g/mol. The Morgan fingerprint density at radius 1 is 1.41 bits per heavy atom. The van der Waals surface area contributed by atoms with E-state index in [0.717, 1.165) is 26.1 Å². The molecule has 1 aromatic carbocycles. The van der Waals surface area contributed by atoms with Crippen LogP contribution in [0, 0.1) is 0 Å². The van der Waals surface area contributed by atoms with E-state index >= 15 is 0 Å². The van der Waals surface area contributed by atoms with Crippen molar-refractivity contribution >= 4 is 5.97 Å². The first-order chi connectivity index (χ1) is 8.16. The zero-order valence-electron chi connectivity index (χ0n) is 9.80. The largest absolute Gasteiger partial charge is 0.480 e. The lowest BCUT2D eigenvalue weighted by Crippen LogP contribution is -2.37. The lowest BCUT2D eigenvalue weighted by molar-refractivity contribution is -0.138. The predicted octanol–water partition coefficient (Wildman–Crippen LogP) is 0.847. The molecule has 0 bridgehead atoms. The molecule has 1 aliphatic heterocycles. The minimum atomic E-state index is -0.914. The number of nitrogens with zero attached hydrogens (tertiary/aromatic N) is 1. The summed E-state index contributed by atoms with van der Waals surface area (Å²) in [6.07, 6.45) is 1.55. The van der Waals surface area contributed by atoms with E-state index in [1.165, 1.54) is 11.1 Å². The van der Waals surface area contributed by atoms with Gasteiger partial charge in [0.05, 0.1) is 0 Å². The van der Waals surface area contributed by atoms with Gasteiger partial charge in [0.15, 0.2) is 0 Å². The fraction of sp³-hybridized carbons (Fsp3) is 0.462. The molecule has 1 heterocycles. The second kappa shape index (κ2) is 5.29. The highest BCUT2D eigenvalue weighted by Gasteiger charge is 2.18. The average Bonchev–Trinajstić information content (AvgIpc) is 2.35. The first-order valence-electron chi connectivity index (χ1n) is 5.94. The Hall–Kier alpha value is -1.39. The maximum absolute atomic E-state index is 10.6. The van der Waals surface area contributed by atoms with Crippen LogP contribution < -0.4 is 5.73 Å². The zero-order chi connectivity index (χ0) is 12.3. The second-order valence-electron chi connectivity index (χ2n) is 4.53. The maximum atomic E-state index is 10.6. The summed E-state index contributed by atoms with van der Waals surface area (Å²) in [6.45, 7) is 2.65. The fourth-order valence-corrected chi connectivity index (χ4v) is 2.19. The molecule has 0 saturated carbocycles. The predicted molar refractivity (Wildman–Crippen MR) is 65.7 cm³/mol. The lowest BCUT2D eigenvalue weighted by atomic mass is 9.99. The molecular weight excluding hydrogens is 216 g/mol. The Morgan fingerprint density at radius 3 is 2.82 bits per heavy atom. The van der Waals surface area contributed by atoms with Crippen LogP contribution in [0.4, 0.5) is 0 Å². The number of carbonyl (C=O) groups is 1. The van der Waals surface area contributed by atoms with Crippen LogP contribution in [0.5, 0.6) is 0 Å². The van der Waals surface area contributed by atoms with Gasteiger partial charge in [0.25, 0.3) is 0 Å². The third kappa shape index (κ3) is 3.05. The van der Waals surface area contributed by atoms with Crippen molar-refractivity contribution in [2.75, 3.05) is 13.1 Å². The highest BCUT2D eigenvalue weighted by molar-refractivity contribution is 5.72. The standard InChI is InChI=1S/C13H18N2O2/c14-12(13(16)17)6-8-15-7-5-10-3-1-2-4-11(10)9-15/h1-4,12H,5-9,14H2,(H,16,17)/t12-/m1/s1. The second-order valence-corrected chi connectivity index (χ2v) is 4.53. The van der Waals surface area contributed by atoms with Gasteiger partial charge < -0.3 is 10.8 Å². The number of nitrogens with two attached hydrogens (primary N) is 1. The van der Waals surface area contributed by atoms with Gasteiger partial charge in [-0.25, -0.2) is 0 Å². The van der Waals surface area contributed by atoms with Crippen LogP contribution in [0.2, 0.25) is 0 Å². The van der Waals surface area contributed by atoms with Gasteiger partial charge >= 0.3 is 5.97 Å². The first-order valence-corrected chi connectivity index (χ1v) is 5.94. The number of carboxylic acids is 1. The van der Waals surface area contributed by atoms with E-state index in [1.807, 2.05) is 6.07 Å². The van der Waals surface area contributed by atoms with Crippen molar-refractivity contribution in [3.63, 3.8) is 0 Å². The lowest BCUT2D eigenvalue weighted by Gasteiger charge is -2.29. The minimum absolute atomic E-state index is 0.511. The molecule has 3 N–H and O–H groups in total. The Morgan fingerprint density at radius 2 is 2.12 bits per heavy atom. The Balaban J connectivity index is 1.88. The smallest absolute Gasteiger partial charge is 0.320 e. The summed E-state index contributed by atoms with van der Waals surface area (Å²) in [5, 5.41) is 8.73. The van der Waals surface area contributed by atoms with Crippen LogP contribution in [-0.2, 0) is 17.8 Å². The van der Waals surface area contributed by atoms with E-state index in [4.69, 9.17) is 10.8 Å². The number of hydrogen-bond donors (Lipinski definition) is 2. The number of hydrogen-bond acceptors (Lipinski definition) is 3. The van der Waals surface area contributed by atoms with Crippen molar-refractivity contribution < 1.29 is 9.90 Å². The maximum Gasteiger partial charge on any atom is 0.320 e. The van der Waals surface area contributed by atoms with E-state index in [2.05, 4.69) is 23.1 Å². The van der Waals surface area contributed by atoms with E-state index < -0.39 is 12.0 Å². The van der Waals surface area contributed by atoms with Gasteiger partial charge in [-0.05, 0) is 24.0 Å². The quantitative estimate of drug-likeness (QED) is 0.810.